The summed E-state index contributed by atoms with van der Waals surface area (Å²) in [6.07, 6.45) is -1.19. The number of nitrogens with two attached hydrogens (primary N) is 1. The molecule has 3 aromatic rings. The van der Waals surface area contributed by atoms with E-state index in [9.17, 15) is 14.4 Å². The summed E-state index contributed by atoms with van der Waals surface area (Å²) >= 11 is 0. The number of carbonyl (C=O) groups excluding carboxylic acids is 3. The van der Waals surface area contributed by atoms with E-state index in [0.29, 0.717) is 22.4 Å². The Morgan fingerprint density at radius 1 is 1.17 bits per heavy atom. The van der Waals surface area contributed by atoms with Crippen molar-refractivity contribution in [3.63, 3.8) is 0 Å². The quantitative estimate of drug-likeness (QED) is 0.622. The molecular weight excluding hydrogens is 386 g/mol. The topological polar surface area (TPSA) is 129 Å². The Morgan fingerprint density at radius 2 is 1.83 bits per heavy atom. The summed E-state index contributed by atoms with van der Waals surface area (Å²) in [5.41, 5.74) is 7.77. The number of nitrogens with one attached hydrogen (secondary N) is 1. The number of carbonyl (C=O) groups is 3. The fraction of sp³-hybridized carbons (Fsp3) is 0.286. The SMILES string of the molecule is Cc1nn(C)c2nc(-c3ccccc3)cc(C(=O)OC(C(=O)NC(N)=O)C(C)C)c12. The minimum absolute atomic E-state index is 0.238. The molecule has 1 aromatic carbocycles. The van der Waals surface area contributed by atoms with Gasteiger partial charge in [-0.25, -0.2) is 14.6 Å². The van der Waals surface area contributed by atoms with Crippen LogP contribution in [0.5, 0.6) is 0 Å². The van der Waals surface area contributed by atoms with E-state index in [1.54, 1.807) is 38.6 Å². The van der Waals surface area contributed by atoms with Gasteiger partial charge in [0.1, 0.15) is 0 Å². The number of esters is 1. The Labute approximate surface area is 173 Å². The third-order valence-electron chi connectivity index (χ3n) is 4.60. The summed E-state index contributed by atoms with van der Waals surface area (Å²) in [5, 5.41) is 6.87. The zero-order chi connectivity index (χ0) is 22.0. The van der Waals surface area contributed by atoms with Crippen molar-refractivity contribution in [1.82, 2.24) is 20.1 Å². The number of pyridine rings is 1. The molecule has 3 rings (SSSR count). The van der Waals surface area contributed by atoms with Gasteiger partial charge in [0, 0.05) is 12.6 Å². The molecule has 30 heavy (non-hydrogen) atoms. The summed E-state index contributed by atoms with van der Waals surface area (Å²) in [7, 11) is 1.74. The second kappa shape index (κ2) is 8.32. The van der Waals surface area contributed by atoms with Gasteiger partial charge >= 0.3 is 12.0 Å². The second-order valence-electron chi connectivity index (χ2n) is 7.25. The van der Waals surface area contributed by atoms with Gasteiger partial charge in [-0.2, -0.15) is 5.10 Å². The van der Waals surface area contributed by atoms with Crippen LogP contribution < -0.4 is 11.1 Å². The minimum atomic E-state index is -1.19. The van der Waals surface area contributed by atoms with Crippen LogP contribution in [0, 0.1) is 12.8 Å². The summed E-state index contributed by atoms with van der Waals surface area (Å²) in [6, 6.07) is 10.00. The van der Waals surface area contributed by atoms with Crippen LogP contribution in [0.15, 0.2) is 36.4 Å². The first kappa shape index (κ1) is 21.0. The molecule has 0 radical (unpaired) electrons. The van der Waals surface area contributed by atoms with E-state index in [4.69, 9.17) is 10.5 Å². The molecule has 2 heterocycles. The lowest BCUT2D eigenvalue weighted by Crippen LogP contribution is -2.45. The monoisotopic (exact) mass is 409 g/mol. The summed E-state index contributed by atoms with van der Waals surface area (Å²) in [5.74, 6) is -1.87. The zero-order valence-electron chi connectivity index (χ0n) is 17.2. The van der Waals surface area contributed by atoms with E-state index >= 15 is 0 Å². The number of fused-ring (bicyclic) bond motifs is 1. The Morgan fingerprint density at radius 3 is 2.43 bits per heavy atom. The molecule has 3 amide bonds. The maximum absolute atomic E-state index is 13.1. The average molecular weight is 409 g/mol. The number of imide groups is 1. The van der Waals surface area contributed by atoms with Gasteiger partial charge in [0.25, 0.3) is 5.91 Å². The molecule has 0 spiro atoms. The molecule has 1 atom stereocenters. The number of urea groups is 1. The fourth-order valence-corrected chi connectivity index (χ4v) is 3.23. The minimum Gasteiger partial charge on any atom is -0.448 e. The standard InChI is InChI=1S/C21H23N5O4/c1-11(2)17(19(27)24-21(22)29)30-20(28)14-10-15(13-8-6-5-7-9-13)23-18-16(14)12(3)25-26(18)4/h5-11,17H,1-4H3,(H3,22,24,27,29). The number of aromatic nitrogens is 3. The lowest BCUT2D eigenvalue weighted by molar-refractivity contribution is -0.130. The summed E-state index contributed by atoms with van der Waals surface area (Å²) in [6.45, 7) is 5.17. The lowest BCUT2D eigenvalue weighted by Gasteiger charge is -2.20. The van der Waals surface area contributed by atoms with Gasteiger partial charge in [-0.1, -0.05) is 44.2 Å². The van der Waals surface area contributed by atoms with Crippen molar-refractivity contribution in [2.24, 2.45) is 18.7 Å². The molecule has 0 saturated heterocycles. The molecule has 1 unspecified atom stereocenters. The van der Waals surface area contributed by atoms with Crippen molar-refractivity contribution in [2.45, 2.75) is 26.9 Å². The Balaban J connectivity index is 2.08. The highest BCUT2D eigenvalue weighted by molar-refractivity contribution is 6.06. The maximum atomic E-state index is 13.1. The molecule has 2 aromatic heterocycles. The molecule has 0 fully saturated rings. The predicted octanol–water partition coefficient (Wildman–Crippen LogP) is 2.32. The molecule has 0 aliphatic rings. The first-order chi connectivity index (χ1) is 14.2. The van der Waals surface area contributed by atoms with Crippen LogP contribution in [0.3, 0.4) is 0 Å². The third kappa shape index (κ3) is 4.14. The number of primary amides is 1. The molecule has 9 nitrogen and oxygen atoms in total. The van der Waals surface area contributed by atoms with Crippen LogP contribution in [0.1, 0.15) is 29.9 Å². The number of benzene rings is 1. The highest BCUT2D eigenvalue weighted by atomic mass is 16.5. The Bertz CT molecular complexity index is 1120. The van der Waals surface area contributed by atoms with Crippen molar-refractivity contribution in [3.05, 3.63) is 47.7 Å². The molecule has 9 heteroatoms. The van der Waals surface area contributed by atoms with Gasteiger partial charge in [0.2, 0.25) is 0 Å². The van der Waals surface area contributed by atoms with Gasteiger partial charge in [0.05, 0.1) is 22.3 Å². The van der Waals surface area contributed by atoms with Crippen LogP contribution in [-0.4, -0.2) is 38.8 Å². The molecule has 3 N–H and O–H groups in total. The first-order valence-corrected chi connectivity index (χ1v) is 9.40. The van der Waals surface area contributed by atoms with Crippen molar-refractivity contribution >= 4 is 28.9 Å². The largest absolute Gasteiger partial charge is 0.448 e. The van der Waals surface area contributed by atoms with E-state index in [2.05, 4.69) is 10.1 Å². The highest BCUT2D eigenvalue weighted by Gasteiger charge is 2.29. The first-order valence-electron chi connectivity index (χ1n) is 9.40. The zero-order valence-corrected chi connectivity index (χ0v) is 17.2. The Kier molecular flexibility index (Phi) is 5.81. The van der Waals surface area contributed by atoms with E-state index in [-0.39, 0.29) is 11.5 Å². The van der Waals surface area contributed by atoms with Gasteiger partial charge in [-0.05, 0) is 18.9 Å². The molecular formula is C21H23N5O4. The predicted molar refractivity (Wildman–Crippen MR) is 110 cm³/mol. The number of hydrogen-bond donors (Lipinski definition) is 2. The summed E-state index contributed by atoms with van der Waals surface area (Å²) < 4.78 is 7.09. The number of rotatable bonds is 5. The second-order valence-corrected chi connectivity index (χ2v) is 7.25. The van der Waals surface area contributed by atoms with Gasteiger partial charge in [-0.3, -0.25) is 14.8 Å². The van der Waals surface area contributed by atoms with Gasteiger partial charge < -0.3 is 10.5 Å². The van der Waals surface area contributed by atoms with E-state index in [1.165, 1.54) is 0 Å². The van der Waals surface area contributed by atoms with Crippen molar-refractivity contribution in [3.8, 4) is 11.3 Å². The van der Waals surface area contributed by atoms with Crippen LogP contribution in [-0.2, 0) is 16.6 Å². The average Bonchev–Trinajstić information content (AvgIpc) is 2.98. The van der Waals surface area contributed by atoms with Crippen molar-refractivity contribution < 1.29 is 19.1 Å². The van der Waals surface area contributed by atoms with Crippen LogP contribution >= 0.6 is 0 Å². The normalized spacial score (nSPS) is 12.0. The maximum Gasteiger partial charge on any atom is 0.339 e. The number of hydrogen-bond acceptors (Lipinski definition) is 6. The summed E-state index contributed by atoms with van der Waals surface area (Å²) in [4.78, 5) is 41.1. The van der Waals surface area contributed by atoms with E-state index in [1.807, 2.05) is 35.6 Å². The molecule has 156 valence electrons. The molecule has 0 aliphatic carbocycles. The molecule has 0 bridgehead atoms. The number of nitrogens with zero attached hydrogens (tertiary/aromatic N) is 3. The third-order valence-corrected chi connectivity index (χ3v) is 4.60. The smallest absolute Gasteiger partial charge is 0.339 e. The van der Waals surface area contributed by atoms with E-state index in [0.717, 1.165) is 5.56 Å². The molecule has 0 aliphatic heterocycles. The molecule has 0 saturated carbocycles. The number of ether oxygens (including phenoxy) is 1. The number of amides is 3. The van der Waals surface area contributed by atoms with E-state index < -0.39 is 24.0 Å². The fourth-order valence-electron chi connectivity index (χ4n) is 3.23. The van der Waals surface area contributed by atoms with Crippen LogP contribution in [0.2, 0.25) is 0 Å². The van der Waals surface area contributed by atoms with Crippen LogP contribution in [0.4, 0.5) is 4.79 Å². The lowest BCUT2D eigenvalue weighted by atomic mass is 10.0. The van der Waals surface area contributed by atoms with Crippen LogP contribution in [0.25, 0.3) is 22.3 Å². The Hall–Kier alpha value is -3.75. The highest BCUT2D eigenvalue weighted by Crippen LogP contribution is 2.28. The number of aryl methyl sites for hydroxylation is 2. The van der Waals surface area contributed by atoms with Crippen molar-refractivity contribution in [1.29, 1.82) is 0 Å². The van der Waals surface area contributed by atoms with Crippen molar-refractivity contribution in [2.75, 3.05) is 0 Å². The van der Waals surface area contributed by atoms with Gasteiger partial charge in [-0.15, -0.1) is 0 Å². The van der Waals surface area contributed by atoms with Gasteiger partial charge in [0.15, 0.2) is 11.8 Å².